The third-order valence-electron chi connectivity index (χ3n) is 4.29. The number of hydrogen-bond donors (Lipinski definition) is 0. The molecule has 130 valence electrons. The third kappa shape index (κ3) is 3.76. The molecule has 5 nitrogen and oxygen atoms in total. The van der Waals surface area contributed by atoms with E-state index in [0.29, 0.717) is 38.4 Å². The molecule has 24 heavy (non-hydrogen) atoms. The number of halogens is 3. The highest BCUT2D eigenvalue weighted by Crippen LogP contribution is 2.18. The molecule has 1 aliphatic heterocycles. The number of fused-ring (bicyclic) bond motifs is 1. The molecule has 8 heteroatoms. The van der Waals surface area contributed by atoms with Gasteiger partial charge in [0.25, 0.3) is 5.56 Å². The smallest absolute Gasteiger partial charge is 0.308 e. The summed E-state index contributed by atoms with van der Waals surface area (Å²) in [5.41, 5.74) is 1.78. The second-order valence-corrected chi connectivity index (χ2v) is 6.08. The van der Waals surface area contributed by atoms with Crippen molar-refractivity contribution in [3.05, 3.63) is 40.3 Å². The monoisotopic (exact) mass is 340 g/mol. The van der Waals surface area contributed by atoms with Gasteiger partial charge in [0, 0.05) is 39.8 Å². The fourth-order valence-electron chi connectivity index (χ4n) is 3.01. The first kappa shape index (κ1) is 16.9. The SMILES string of the molecule is Cn1c(=O)c(CN2CCN(CC(F)(F)F)CC2)nc2ccccc21. The largest absolute Gasteiger partial charge is 0.401 e. The van der Waals surface area contributed by atoms with Gasteiger partial charge in [0.2, 0.25) is 0 Å². The van der Waals surface area contributed by atoms with Crippen LogP contribution in [0.5, 0.6) is 0 Å². The molecule has 2 heterocycles. The molecule has 0 N–H and O–H groups in total. The Morgan fingerprint density at radius 3 is 2.38 bits per heavy atom. The van der Waals surface area contributed by atoms with Gasteiger partial charge < -0.3 is 4.57 Å². The molecule has 0 atom stereocenters. The van der Waals surface area contributed by atoms with Gasteiger partial charge in [-0.3, -0.25) is 14.6 Å². The van der Waals surface area contributed by atoms with Crippen molar-refractivity contribution < 1.29 is 13.2 Å². The number of benzene rings is 1. The topological polar surface area (TPSA) is 41.4 Å². The van der Waals surface area contributed by atoms with Gasteiger partial charge in [-0.1, -0.05) is 12.1 Å². The fraction of sp³-hybridized carbons (Fsp3) is 0.500. The molecule has 1 aromatic heterocycles. The minimum atomic E-state index is -4.17. The van der Waals surface area contributed by atoms with E-state index in [4.69, 9.17) is 0 Å². The molecule has 1 aliphatic rings. The van der Waals surface area contributed by atoms with Gasteiger partial charge >= 0.3 is 6.18 Å². The van der Waals surface area contributed by atoms with Crippen LogP contribution in [0.15, 0.2) is 29.1 Å². The average molecular weight is 340 g/mol. The summed E-state index contributed by atoms with van der Waals surface area (Å²) in [4.78, 5) is 20.2. The molecule has 0 saturated carbocycles. The Bertz CT molecular complexity index is 779. The minimum Gasteiger partial charge on any atom is -0.308 e. The van der Waals surface area contributed by atoms with Crippen molar-refractivity contribution in [2.75, 3.05) is 32.7 Å². The standard InChI is InChI=1S/C16H19F3N4O/c1-21-14-5-3-2-4-12(14)20-13(15(21)24)10-22-6-8-23(9-7-22)11-16(17,18)19/h2-5H,6-11H2,1H3. The lowest BCUT2D eigenvalue weighted by Crippen LogP contribution is -2.49. The van der Waals surface area contributed by atoms with E-state index in [9.17, 15) is 18.0 Å². The van der Waals surface area contributed by atoms with Crippen LogP contribution in [-0.4, -0.2) is 58.3 Å². The number of hydrogen-bond acceptors (Lipinski definition) is 4. The number of piperazine rings is 1. The second-order valence-electron chi connectivity index (χ2n) is 6.08. The lowest BCUT2D eigenvalue weighted by Gasteiger charge is -2.34. The zero-order valence-corrected chi connectivity index (χ0v) is 13.4. The molecule has 2 aromatic rings. The molecule has 1 aromatic carbocycles. The fourth-order valence-corrected chi connectivity index (χ4v) is 3.01. The summed E-state index contributed by atoms with van der Waals surface area (Å²) < 4.78 is 38.8. The van der Waals surface area contributed by atoms with Crippen molar-refractivity contribution in [2.24, 2.45) is 7.05 Å². The zero-order valence-electron chi connectivity index (χ0n) is 13.4. The Kier molecular flexibility index (Phi) is 4.60. The van der Waals surface area contributed by atoms with E-state index in [1.54, 1.807) is 11.6 Å². The van der Waals surface area contributed by atoms with Crippen molar-refractivity contribution in [3.8, 4) is 0 Å². The molecule has 0 amide bonds. The van der Waals surface area contributed by atoms with Crippen molar-refractivity contribution in [2.45, 2.75) is 12.7 Å². The summed E-state index contributed by atoms with van der Waals surface area (Å²) in [6.07, 6.45) is -4.17. The number of alkyl halides is 3. The number of nitrogens with zero attached hydrogens (tertiary/aromatic N) is 4. The quantitative estimate of drug-likeness (QED) is 0.851. The molecule has 0 unspecified atom stereocenters. The summed E-state index contributed by atoms with van der Waals surface area (Å²) in [5.74, 6) is 0. The normalized spacial score (nSPS) is 17.5. The Morgan fingerprint density at radius 2 is 1.71 bits per heavy atom. The number of para-hydroxylation sites is 2. The van der Waals surface area contributed by atoms with E-state index in [1.165, 1.54) is 4.90 Å². The minimum absolute atomic E-state index is 0.161. The van der Waals surface area contributed by atoms with Crippen molar-refractivity contribution in [1.82, 2.24) is 19.4 Å². The first-order valence-electron chi connectivity index (χ1n) is 7.79. The molecular weight excluding hydrogens is 321 g/mol. The van der Waals surface area contributed by atoms with Crippen molar-refractivity contribution in [1.29, 1.82) is 0 Å². The van der Waals surface area contributed by atoms with Crippen LogP contribution in [0.4, 0.5) is 13.2 Å². The summed E-state index contributed by atoms with van der Waals surface area (Å²) in [5, 5.41) is 0. The first-order valence-corrected chi connectivity index (χ1v) is 7.79. The van der Waals surface area contributed by atoms with Crippen LogP contribution in [0.3, 0.4) is 0 Å². The maximum absolute atomic E-state index is 12.4. The molecule has 3 rings (SSSR count). The van der Waals surface area contributed by atoms with Crippen molar-refractivity contribution >= 4 is 11.0 Å². The van der Waals surface area contributed by atoms with Crippen LogP contribution < -0.4 is 5.56 Å². The molecule has 0 spiro atoms. The van der Waals surface area contributed by atoms with Gasteiger partial charge in [-0.25, -0.2) is 4.98 Å². The Morgan fingerprint density at radius 1 is 1.08 bits per heavy atom. The van der Waals surface area contributed by atoms with E-state index in [-0.39, 0.29) is 5.56 Å². The first-order chi connectivity index (χ1) is 11.3. The molecule has 0 aliphatic carbocycles. The predicted octanol–water partition coefficient (Wildman–Crippen LogP) is 1.61. The van der Waals surface area contributed by atoms with Crippen LogP contribution in [0.1, 0.15) is 5.69 Å². The number of aromatic nitrogens is 2. The second kappa shape index (κ2) is 6.52. The predicted molar refractivity (Wildman–Crippen MR) is 84.8 cm³/mol. The zero-order chi connectivity index (χ0) is 17.3. The molecule has 1 fully saturated rings. The van der Waals surface area contributed by atoms with Crippen LogP contribution in [-0.2, 0) is 13.6 Å². The molecule has 0 bridgehead atoms. The van der Waals surface area contributed by atoms with E-state index in [1.807, 2.05) is 29.2 Å². The highest BCUT2D eigenvalue weighted by atomic mass is 19.4. The Balaban J connectivity index is 1.71. The third-order valence-corrected chi connectivity index (χ3v) is 4.29. The van der Waals surface area contributed by atoms with Gasteiger partial charge in [0.1, 0.15) is 5.69 Å². The molecular formula is C16H19F3N4O. The van der Waals surface area contributed by atoms with E-state index >= 15 is 0 Å². The summed E-state index contributed by atoms with van der Waals surface area (Å²) in [7, 11) is 1.71. The summed E-state index contributed by atoms with van der Waals surface area (Å²) in [6.45, 7) is 1.15. The van der Waals surface area contributed by atoms with E-state index < -0.39 is 12.7 Å². The van der Waals surface area contributed by atoms with Crippen LogP contribution in [0, 0.1) is 0 Å². The summed E-state index contributed by atoms with van der Waals surface area (Å²) >= 11 is 0. The molecule has 0 radical (unpaired) electrons. The lowest BCUT2D eigenvalue weighted by atomic mass is 10.2. The summed E-state index contributed by atoms with van der Waals surface area (Å²) in [6, 6.07) is 7.39. The average Bonchev–Trinajstić information content (AvgIpc) is 2.53. The van der Waals surface area contributed by atoms with E-state index in [0.717, 1.165) is 11.0 Å². The van der Waals surface area contributed by atoms with Crippen LogP contribution >= 0.6 is 0 Å². The van der Waals surface area contributed by atoms with Crippen LogP contribution in [0.2, 0.25) is 0 Å². The van der Waals surface area contributed by atoms with Gasteiger partial charge in [0.05, 0.1) is 17.6 Å². The number of rotatable bonds is 3. The van der Waals surface area contributed by atoms with Gasteiger partial charge in [-0.05, 0) is 12.1 Å². The Labute approximate surface area is 137 Å². The highest BCUT2D eigenvalue weighted by Gasteiger charge is 2.32. The lowest BCUT2D eigenvalue weighted by molar-refractivity contribution is -0.149. The van der Waals surface area contributed by atoms with Gasteiger partial charge in [-0.15, -0.1) is 0 Å². The van der Waals surface area contributed by atoms with Gasteiger partial charge in [0.15, 0.2) is 0 Å². The molecule has 1 saturated heterocycles. The number of aryl methyl sites for hydroxylation is 1. The van der Waals surface area contributed by atoms with Gasteiger partial charge in [-0.2, -0.15) is 13.2 Å². The highest BCUT2D eigenvalue weighted by molar-refractivity contribution is 5.74. The van der Waals surface area contributed by atoms with E-state index in [2.05, 4.69) is 4.98 Å². The maximum Gasteiger partial charge on any atom is 0.401 e. The Hall–Kier alpha value is -1.93. The van der Waals surface area contributed by atoms with Crippen LogP contribution in [0.25, 0.3) is 11.0 Å². The van der Waals surface area contributed by atoms with Crippen molar-refractivity contribution in [3.63, 3.8) is 0 Å². The maximum atomic E-state index is 12.4.